The molecule has 0 fully saturated rings. The van der Waals surface area contributed by atoms with E-state index in [4.69, 9.17) is 28.9 Å². The molecular formula is C14H14Cl2N4. The van der Waals surface area contributed by atoms with E-state index in [2.05, 4.69) is 14.9 Å². The normalized spacial score (nSPS) is 15.1. The van der Waals surface area contributed by atoms with E-state index in [1.165, 1.54) is 0 Å². The number of benzene rings is 1. The van der Waals surface area contributed by atoms with Gasteiger partial charge in [0.2, 0.25) is 5.95 Å². The van der Waals surface area contributed by atoms with Gasteiger partial charge in [-0.15, -0.1) is 0 Å². The van der Waals surface area contributed by atoms with Gasteiger partial charge >= 0.3 is 0 Å². The summed E-state index contributed by atoms with van der Waals surface area (Å²) in [5.41, 5.74) is 8.82. The van der Waals surface area contributed by atoms with E-state index >= 15 is 0 Å². The van der Waals surface area contributed by atoms with Crippen LogP contribution in [0.1, 0.15) is 16.8 Å². The second kappa shape index (κ2) is 5.56. The molecule has 0 saturated heterocycles. The number of nitrogens with two attached hydrogens (primary N) is 1. The van der Waals surface area contributed by atoms with E-state index in [9.17, 15) is 0 Å². The standard InChI is InChI=1S/C14H14Cl2N4/c15-11-3-1-2-9(13(11)16)7-20-5-4-12-10(8-20)6-18-14(17)19-12/h1-3,6H,4-5,7-8H2,(H2,17,18,19). The van der Waals surface area contributed by atoms with Crippen molar-refractivity contribution in [1.29, 1.82) is 0 Å². The zero-order valence-corrected chi connectivity index (χ0v) is 12.3. The highest BCUT2D eigenvalue weighted by Crippen LogP contribution is 2.28. The van der Waals surface area contributed by atoms with Crippen molar-refractivity contribution >= 4 is 29.2 Å². The van der Waals surface area contributed by atoms with Crippen LogP contribution in [0.2, 0.25) is 10.0 Å². The average molecular weight is 309 g/mol. The molecule has 0 amide bonds. The molecule has 0 radical (unpaired) electrons. The van der Waals surface area contributed by atoms with Crippen molar-refractivity contribution in [2.24, 2.45) is 0 Å². The van der Waals surface area contributed by atoms with Crippen molar-refractivity contribution in [3.05, 3.63) is 51.3 Å². The van der Waals surface area contributed by atoms with E-state index < -0.39 is 0 Å². The lowest BCUT2D eigenvalue weighted by Gasteiger charge is -2.28. The summed E-state index contributed by atoms with van der Waals surface area (Å²) < 4.78 is 0. The summed E-state index contributed by atoms with van der Waals surface area (Å²) in [5.74, 6) is 0.343. The van der Waals surface area contributed by atoms with Gasteiger partial charge in [-0.05, 0) is 11.6 Å². The maximum atomic E-state index is 6.23. The van der Waals surface area contributed by atoms with Gasteiger partial charge in [0.15, 0.2) is 0 Å². The number of fused-ring (bicyclic) bond motifs is 1. The van der Waals surface area contributed by atoms with Crippen molar-refractivity contribution in [1.82, 2.24) is 14.9 Å². The second-order valence-corrected chi connectivity index (χ2v) is 5.66. The largest absolute Gasteiger partial charge is 0.368 e. The molecule has 1 aliphatic heterocycles. The van der Waals surface area contributed by atoms with Crippen LogP contribution in [0.15, 0.2) is 24.4 Å². The molecule has 0 atom stereocenters. The quantitative estimate of drug-likeness (QED) is 0.927. The maximum Gasteiger partial charge on any atom is 0.220 e. The highest BCUT2D eigenvalue weighted by atomic mass is 35.5. The fraction of sp³-hybridized carbons (Fsp3) is 0.286. The van der Waals surface area contributed by atoms with Crippen LogP contribution in [0.5, 0.6) is 0 Å². The van der Waals surface area contributed by atoms with Crippen molar-refractivity contribution in [2.75, 3.05) is 12.3 Å². The zero-order chi connectivity index (χ0) is 14.1. The van der Waals surface area contributed by atoms with Crippen molar-refractivity contribution in [3.8, 4) is 0 Å². The molecule has 0 aliphatic carbocycles. The molecule has 0 bridgehead atoms. The smallest absolute Gasteiger partial charge is 0.220 e. The lowest BCUT2D eigenvalue weighted by atomic mass is 10.1. The fourth-order valence-corrected chi connectivity index (χ4v) is 2.82. The minimum absolute atomic E-state index is 0.343. The van der Waals surface area contributed by atoms with Gasteiger partial charge in [-0.2, -0.15) is 0 Å². The van der Waals surface area contributed by atoms with Crippen molar-refractivity contribution in [3.63, 3.8) is 0 Å². The molecule has 2 heterocycles. The summed E-state index contributed by atoms with van der Waals surface area (Å²) >= 11 is 12.3. The number of anilines is 1. The van der Waals surface area contributed by atoms with Crippen LogP contribution >= 0.6 is 23.2 Å². The van der Waals surface area contributed by atoms with Gasteiger partial charge in [-0.25, -0.2) is 9.97 Å². The van der Waals surface area contributed by atoms with Crippen LogP contribution in [0, 0.1) is 0 Å². The first kappa shape index (κ1) is 13.6. The summed E-state index contributed by atoms with van der Waals surface area (Å²) in [7, 11) is 0. The fourth-order valence-electron chi connectivity index (χ4n) is 2.44. The Labute approximate surface area is 127 Å². The monoisotopic (exact) mass is 308 g/mol. The number of nitrogens with zero attached hydrogens (tertiary/aromatic N) is 3. The maximum absolute atomic E-state index is 6.23. The molecule has 1 aromatic heterocycles. The summed E-state index contributed by atoms with van der Waals surface area (Å²) in [6.45, 7) is 2.49. The number of rotatable bonds is 2. The molecule has 3 rings (SSSR count). The van der Waals surface area contributed by atoms with Gasteiger partial charge in [0, 0.05) is 37.8 Å². The third-order valence-corrected chi connectivity index (χ3v) is 4.32. The van der Waals surface area contributed by atoms with E-state index in [-0.39, 0.29) is 0 Å². The zero-order valence-electron chi connectivity index (χ0n) is 10.8. The van der Waals surface area contributed by atoms with E-state index in [0.29, 0.717) is 16.0 Å². The third kappa shape index (κ3) is 2.73. The topological polar surface area (TPSA) is 55.0 Å². The Morgan fingerprint density at radius 1 is 1.30 bits per heavy atom. The van der Waals surface area contributed by atoms with Gasteiger partial charge in [0.1, 0.15) is 0 Å². The Balaban J connectivity index is 1.77. The van der Waals surface area contributed by atoms with Gasteiger partial charge < -0.3 is 5.73 Å². The molecular weight excluding hydrogens is 295 g/mol. The molecule has 0 saturated carbocycles. The van der Waals surface area contributed by atoms with E-state index in [0.717, 1.165) is 42.9 Å². The van der Waals surface area contributed by atoms with Crippen LogP contribution in [-0.2, 0) is 19.5 Å². The van der Waals surface area contributed by atoms with Gasteiger partial charge in [0.25, 0.3) is 0 Å². The molecule has 20 heavy (non-hydrogen) atoms. The highest BCUT2D eigenvalue weighted by Gasteiger charge is 2.19. The summed E-state index contributed by atoms with van der Waals surface area (Å²) in [4.78, 5) is 10.6. The predicted octanol–water partition coefficient (Wildman–Crippen LogP) is 2.92. The van der Waals surface area contributed by atoms with Crippen LogP contribution in [0.25, 0.3) is 0 Å². The number of halogens is 2. The Morgan fingerprint density at radius 3 is 3.00 bits per heavy atom. The second-order valence-electron chi connectivity index (χ2n) is 4.87. The molecule has 0 spiro atoms. The van der Waals surface area contributed by atoms with E-state index in [1.807, 2.05) is 18.3 Å². The van der Waals surface area contributed by atoms with Gasteiger partial charge in [-0.3, -0.25) is 4.90 Å². The van der Waals surface area contributed by atoms with E-state index in [1.54, 1.807) is 6.07 Å². The van der Waals surface area contributed by atoms with Crippen LogP contribution in [0.4, 0.5) is 5.95 Å². The van der Waals surface area contributed by atoms with Crippen LogP contribution in [0.3, 0.4) is 0 Å². The Bertz CT molecular complexity index is 645. The first-order valence-corrected chi connectivity index (χ1v) is 7.14. The lowest BCUT2D eigenvalue weighted by Crippen LogP contribution is -2.31. The number of hydrogen-bond acceptors (Lipinski definition) is 4. The van der Waals surface area contributed by atoms with Crippen LogP contribution < -0.4 is 5.73 Å². The number of hydrogen-bond donors (Lipinski definition) is 1. The minimum Gasteiger partial charge on any atom is -0.368 e. The first-order valence-electron chi connectivity index (χ1n) is 6.39. The van der Waals surface area contributed by atoms with Gasteiger partial charge in [-0.1, -0.05) is 35.3 Å². The highest BCUT2D eigenvalue weighted by molar-refractivity contribution is 6.42. The molecule has 6 heteroatoms. The Kier molecular flexibility index (Phi) is 3.78. The SMILES string of the molecule is Nc1ncc2c(n1)CCN(Cc1cccc(Cl)c1Cl)C2. The van der Waals surface area contributed by atoms with Gasteiger partial charge in [0.05, 0.1) is 15.7 Å². The molecule has 2 N–H and O–H groups in total. The van der Waals surface area contributed by atoms with Crippen molar-refractivity contribution < 1.29 is 0 Å². The minimum atomic E-state index is 0.343. The Hall–Kier alpha value is -1.36. The molecule has 1 aromatic carbocycles. The molecule has 4 nitrogen and oxygen atoms in total. The number of nitrogen functional groups attached to an aromatic ring is 1. The lowest BCUT2D eigenvalue weighted by molar-refractivity contribution is 0.243. The summed E-state index contributed by atoms with van der Waals surface area (Å²) in [6, 6.07) is 5.73. The summed E-state index contributed by atoms with van der Waals surface area (Å²) in [5, 5.41) is 1.23. The molecule has 104 valence electrons. The Morgan fingerprint density at radius 2 is 2.15 bits per heavy atom. The number of aromatic nitrogens is 2. The molecule has 1 aliphatic rings. The molecule has 2 aromatic rings. The first-order chi connectivity index (χ1) is 9.63. The molecule has 0 unspecified atom stereocenters. The summed E-state index contributed by atoms with van der Waals surface area (Å²) in [6.07, 6.45) is 2.68. The van der Waals surface area contributed by atoms with Crippen LogP contribution in [-0.4, -0.2) is 21.4 Å². The third-order valence-electron chi connectivity index (χ3n) is 3.46. The predicted molar refractivity (Wildman–Crippen MR) is 80.7 cm³/mol. The average Bonchev–Trinajstić information content (AvgIpc) is 2.44. The van der Waals surface area contributed by atoms with Crippen molar-refractivity contribution in [2.45, 2.75) is 19.5 Å².